The minimum Gasteiger partial charge on any atom is -0.337 e. The van der Waals surface area contributed by atoms with Crippen LogP contribution in [0.15, 0.2) is 30.3 Å². The summed E-state index contributed by atoms with van der Waals surface area (Å²) in [6.07, 6.45) is 0. The first-order chi connectivity index (χ1) is 10.3. The molecular formula is C18H27N3O. The number of nitrogens with one attached hydrogen (secondary N) is 1. The van der Waals surface area contributed by atoms with Gasteiger partial charge in [0.15, 0.2) is 0 Å². The van der Waals surface area contributed by atoms with Gasteiger partial charge in [0.05, 0.1) is 12.6 Å². The summed E-state index contributed by atoms with van der Waals surface area (Å²) in [5.41, 5.74) is 0.350. The van der Waals surface area contributed by atoms with Crippen molar-refractivity contribution in [2.75, 3.05) is 6.54 Å². The molecule has 4 heteroatoms. The van der Waals surface area contributed by atoms with Gasteiger partial charge in [0.1, 0.15) is 5.54 Å². The van der Waals surface area contributed by atoms with Gasteiger partial charge in [-0.2, -0.15) is 5.26 Å². The van der Waals surface area contributed by atoms with Crippen molar-refractivity contribution in [3.63, 3.8) is 0 Å². The Kier molecular flexibility index (Phi) is 6.58. The van der Waals surface area contributed by atoms with E-state index in [0.29, 0.717) is 0 Å². The first-order valence-corrected chi connectivity index (χ1v) is 7.78. The molecule has 1 atom stereocenters. The minimum atomic E-state index is -0.827. The SMILES string of the molecule is CC(C)N(CC(=O)NC(C)(C#N)C(C)C)Cc1ccccc1. The van der Waals surface area contributed by atoms with E-state index in [1.54, 1.807) is 6.92 Å². The number of nitriles is 1. The zero-order valence-corrected chi connectivity index (χ0v) is 14.3. The Balaban J connectivity index is 2.71. The van der Waals surface area contributed by atoms with Crippen molar-refractivity contribution < 1.29 is 4.79 Å². The Hall–Kier alpha value is -1.86. The van der Waals surface area contributed by atoms with Crippen molar-refractivity contribution in [1.29, 1.82) is 5.26 Å². The average molecular weight is 301 g/mol. The summed E-state index contributed by atoms with van der Waals surface area (Å²) in [6, 6.07) is 12.6. The quantitative estimate of drug-likeness (QED) is 0.842. The Morgan fingerprint density at radius 3 is 2.32 bits per heavy atom. The minimum absolute atomic E-state index is 0.0584. The number of amides is 1. The highest BCUT2D eigenvalue weighted by molar-refractivity contribution is 5.79. The third-order valence-electron chi connectivity index (χ3n) is 4.09. The lowest BCUT2D eigenvalue weighted by atomic mass is 9.90. The number of carbonyl (C=O) groups is 1. The molecule has 0 radical (unpaired) electrons. The van der Waals surface area contributed by atoms with Crippen molar-refractivity contribution in [2.24, 2.45) is 5.92 Å². The topological polar surface area (TPSA) is 56.1 Å². The molecule has 0 aliphatic heterocycles. The molecule has 0 saturated heterocycles. The molecule has 1 unspecified atom stereocenters. The van der Waals surface area contributed by atoms with Crippen molar-refractivity contribution in [3.8, 4) is 6.07 Å². The predicted octanol–water partition coefficient (Wildman–Crippen LogP) is 2.95. The Morgan fingerprint density at radius 1 is 1.27 bits per heavy atom. The van der Waals surface area contributed by atoms with Crippen LogP contribution in [0.4, 0.5) is 0 Å². The van der Waals surface area contributed by atoms with Crippen molar-refractivity contribution >= 4 is 5.91 Å². The number of rotatable bonds is 7. The summed E-state index contributed by atoms with van der Waals surface area (Å²) >= 11 is 0. The fourth-order valence-electron chi connectivity index (χ4n) is 2.05. The molecule has 0 aliphatic carbocycles. The Morgan fingerprint density at radius 2 is 1.86 bits per heavy atom. The maximum Gasteiger partial charge on any atom is 0.235 e. The van der Waals surface area contributed by atoms with Crippen LogP contribution in [0.1, 0.15) is 40.2 Å². The lowest BCUT2D eigenvalue weighted by Gasteiger charge is -2.30. The van der Waals surface area contributed by atoms with E-state index in [-0.39, 0.29) is 24.4 Å². The summed E-state index contributed by atoms with van der Waals surface area (Å²) in [7, 11) is 0. The van der Waals surface area contributed by atoms with Crippen molar-refractivity contribution in [3.05, 3.63) is 35.9 Å². The molecule has 4 nitrogen and oxygen atoms in total. The van der Waals surface area contributed by atoms with Gasteiger partial charge in [-0.05, 0) is 32.3 Å². The smallest absolute Gasteiger partial charge is 0.235 e. The van der Waals surface area contributed by atoms with E-state index >= 15 is 0 Å². The van der Waals surface area contributed by atoms with E-state index < -0.39 is 5.54 Å². The molecule has 22 heavy (non-hydrogen) atoms. The second kappa shape index (κ2) is 7.95. The number of hydrogen-bond acceptors (Lipinski definition) is 3. The Labute approximate surface area is 134 Å². The lowest BCUT2D eigenvalue weighted by molar-refractivity contribution is -0.124. The fraction of sp³-hybridized carbons (Fsp3) is 0.556. The maximum absolute atomic E-state index is 12.3. The highest BCUT2D eigenvalue weighted by atomic mass is 16.2. The fourth-order valence-corrected chi connectivity index (χ4v) is 2.05. The van der Waals surface area contributed by atoms with Crippen LogP contribution in [-0.2, 0) is 11.3 Å². The number of carbonyl (C=O) groups excluding carboxylic acids is 1. The lowest BCUT2D eigenvalue weighted by Crippen LogP contribution is -2.52. The van der Waals surface area contributed by atoms with Gasteiger partial charge in [0, 0.05) is 12.6 Å². The molecule has 1 rings (SSSR count). The van der Waals surface area contributed by atoms with E-state index in [0.717, 1.165) is 6.54 Å². The maximum atomic E-state index is 12.3. The second-order valence-electron chi connectivity index (χ2n) is 6.50. The van der Waals surface area contributed by atoms with Gasteiger partial charge in [0.2, 0.25) is 5.91 Å². The van der Waals surface area contributed by atoms with Gasteiger partial charge in [-0.15, -0.1) is 0 Å². The van der Waals surface area contributed by atoms with Crippen LogP contribution in [0.5, 0.6) is 0 Å². The van der Waals surface area contributed by atoms with Crippen LogP contribution in [0.3, 0.4) is 0 Å². The third-order valence-corrected chi connectivity index (χ3v) is 4.09. The number of benzene rings is 1. The van der Waals surface area contributed by atoms with Crippen LogP contribution in [0.2, 0.25) is 0 Å². The summed E-state index contributed by atoms with van der Waals surface area (Å²) in [5, 5.41) is 12.2. The summed E-state index contributed by atoms with van der Waals surface area (Å²) < 4.78 is 0. The molecule has 1 aromatic carbocycles. The summed E-state index contributed by atoms with van der Waals surface area (Å²) in [4.78, 5) is 14.4. The van der Waals surface area contributed by atoms with E-state index in [1.807, 2.05) is 32.0 Å². The van der Waals surface area contributed by atoms with Gasteiger partial charge in [-0.1, -0.05) is 44.2 Å². The molecule has 1 aromatic rings. The molecule has 0 heterocycles. The van der Waals surface area contributed by atoms with E-state index in [9.17, 15) is 10.1 Å². The second-order valence-corrected chi connectivity index (χ2v) is 6.50. The largest absolute Gasteiger partial charge is 0.337 e. The average Bonchev–Trinajstić information content (AvgIpc) is 2.47. The molecule has 120 valence electrons. The molecule has 0 saturated carbocycles. The van der Waals surface area contributed by atoms with Crippen molar-refractivity contribution in [2.45, 2.75) is 52.7 Å². The molecule has 0 aromatic heterocycles. The van der Waals surface area contributed by atoms with Crippen LogP contribution in [0.25, 0.3) is 0 Å². The van der Waals surface area contributed by atoms with Gasteiger partial charge >= 0.3 is 0 Å². The highest BCUT2D eigenvalue weighted by Gasteiger charge is 2.30. The monoisotopic (exact) mass is 301 g/mol. The van der Waals surface area contributed by atoms with E-state index in [2.05, 4.69) is 42.3 Å². The molecule has 0 spiro atoms. The highest BCUT2D eigenvalue weighted by Crippen LogP contribution is 2.15. The van der Waals surface area contributed by atoms with Gasteiger partial charge in [-0.25, -0.2) is 0 Å². The standard InChI is InChI=1S/C18H27N3O/c1-14(2)18(5,13-19)20-17(22)12-21(15(3)4)11-16-9-7-6-8-10-16/h6-10,14-15H,11-12H2,1-5H3,(H,20,22). The predicted molar refractivity (Wildman–Crippen MR) is 89.0 cm³/mol. The molecule has 0 aliphatic rings. The molecular weight excluding hydrogens is 274 g/mol. The summed E-state index contributed by atoms with van der Waals surface area (Å²) in [5.74, 6) is -0.0505. The number of hydrogen-bond donors (Lipinski definition) is 1. The molecule has 0 fully saturated rings. The molecule has 0 bridgehead atoms. The van der Waals surface area contributed by atoms with Gasteiger partial charge in [-0.3, -0.25) is 9.69 Å². The summed E-state index contributed by atoms with van der Waals surface area (Å²) in [6.45, 7) is 10.8. The van der Waals surface area contributed by atoms with Crippen LogP contribution >= 0.6 is 0 Å². The first-order valence-electron chi connectivity index (χ1n) is 7.78. The molecule has 1 N–H and O–H groups in total. The van der Waals surface area contributed by atoms with Crippen LogP contribution in [-0.4, -0.2) is 28.9 Å². The normalized spacial score (nSPS) is 14.0. The van der Waals surface area contributed by atoms with Crippen molar-refractivity contribution in [1.82, 2.24) is 10.2 Å². The zero-order valence-electron chi connectivity index (χ0n) is 14.3. The Bertz CT molecular complexity index is 519. The van der Waals surface area contributed by atoms with Gasteiger partial charge < -0.3 is 5.32 Å². The van der Waals surface area contributed by atoms with E-state index in [4.69, 9.17) is 0 Å². The van der Waals surface area contributed by atoms with E-state index in [1.165, 1.54) is 5.56 Å². The van der Waals surface area contributed by atoms with Crippen LogP contribution in [0, 0.1) is 17.2 Å². The van der Waals surface area contributed by atoms with Crippen LogP contribution < -0.4 is 5.32 Å². The zero-order chi connectivity index (χ0) is 16.8. The number of nitrogens with zero attached hydrogens (tertiary/aromatic N) is 2. The van der Waals surface area contributed by atoms with Gasteiger partial charge in [0.25, 0.3) is 0 Å². The third kappa shape index (κ3) is 5.16. The molecule has 1 amide bonds. The first kappa shape index (κ1) is 18.2.